The fraction of sp³-hybridized carbons (Fsp3) is 0.381. The predicted octanol–water partition coefficient (Wildman–Crippen LogP) is 4.96. The molecule has 138 valence electrons. The first kappa shape index (κ1) is 18.6. The Labute approximate surface area is 160 Å². The van der Waals surface area contributed by atoms with Crippen LogP contribution in [0.5, 0.6) is 5.75 Å². The molecule has 0 saturated carbocycles. The maximum absolute atomic E-state index is 12.1. The summed E-state index contributed by atoms with van der Waals surface area (Å²) in [5.41, 5.74) is 3.87. The Morgan fingerprint density at radius 2 is 1.69 bits per heavy atom. The minimum Gasteiger partial charge on any atom is -0.484 e. The molecule has 1 amide bonds. The third-order valence-electron chi connectivity index (χ3n) is 4.65. The van der Waals surface area contributed by atoms with Gasteiger partial charge in [-0.25, -0.2) is 0 Å². The standard InChI is InChI=1S/C21H25ClN2O2/c1-15-12-19(13-16(2)21(15)22)26-14-20(25)23-17-6-8-18(9-7-17)24-10-4-3-5-11-24/h6-9,12-13H,3-5,10-11,14H2,1-2H3,(H,23,25). The molecule has 0 unspecified atom stereocenters. The second kappa shape index (κ2) is 8.45. The van der Waals surface area contributed by atoms with Gasteiger partial charge in [0.2, 0.25) is 0 Å². The van der Waals surface area contributed by atoms with Crippen LogP contribution >= 0.6 is 11.6 Å². The molecule has 5 heteroatoms. The van der Waals surface area contributed by atoms with E-state index in [1.807, 2.05) is 38.1 Å². The molecule has 0 aliphatic carbocycles. The van der Waals surface area contributed by atoms with Gasteiger partial charge in [-0.1, -0.05) is 11.6 Å². The van der Waals surface area contributed by atoms with Crippen molar-refractivity contribution in [2.24, 2.45) is 0 Å². The van der Waals surface area contributed by atoms with Crippen LogP contribution in [0.3, 0.4) is 0 Å². The average molecular weight is 373 g/mol. The first-order chi connectivity index (χ1) is 12.5. The second-order valence-corrected chi connectivity index (χ2v) is 7.18. The molecule has 1 N–H and O–H groups in total. The number of benzene rings is 2. The van der Waals surface area contributed by atoms with Gasteiger partial charge in [0.15, 0.2) is 6.61 Å². The molecule has 3 rings (SSSR count). The summed E-state index contributed by atoms with van der Waals surface area (Å²) in [5, 5.41) is 3.61. The first-order valence-electron chi connectivity index (χ1n) is 9.07. The molecule has 2 aromatic rings. The van der Waals surface area contributed by atoms with Crippen LogP contribution in [0.1, 0.15) is 30.4 Å². The molecule has 0 spiro atoms. The van der Waals surface area contributed by atoms with Crippen LogP contribution in [-0.2, 0) is 4.79 Å². The van der Waals surface area contributed by atoms with E-state index in [-0.39, 0.29) is 12.5 Å². The lowest BCUT2D eigenvalue weighted by Gasteiger charge is -2.28. The normalized spacial score (nSPS) is 14.2. The Balaban J connectivity index is 1.53. The van der Waals surface area contributed by atoms with Gasteiger partial charge in [0.05, 0.1) is 0 Å². The summed E-state index contributed by atoms with van der Waals surface area (Å²) in [4.78, 5) is 14.5. The number of hydrogen-bond acceptors (Lipinski definition) is 3. The number of amides is 1. The maximum atomic E-state index is 12.1. The summed E-state index contributed by atoms with van der Waals surface area (Å²) < 4.78 is 5.60. The summed E-state index contributed by atoms with van der Waals surface area (Å²) in [6.45, 7) is 6.03. The summed E-state index contributed by atoms with van der Waals surface area (Å²) >= 11 is 6.15. The van der Waals surface area contributed by atoms with E-state index in [0.29, 0.717) is 5.75 Å². The number of anilines is 2. The molecule has 26 heavy (non-hydrogen) atoms. The van der Waals surface area contributed by atoms with Crippen LogP contribution in [0.15, 0.2) is 36.4 Å². The van der Waals surface area contributed by atoms with Crippen LogP contribution in [0.2, 0.25) is 5.02 Å². The van der Waals surface area contributed by atoms with Crippen molar-refractivity contribution in [3.63, 3.8) is 0 Å². The number of halogens is 1. The fourth-order valence-electron chi connectivity index (χ4n) is 3.24. The average Bonchev–Trinajstić information content (AvgIpc) is 2.65. The second-order valence-electron chi connectivity index (χ2n) is 6.80. The number of carbonyl (C=O) groups excluding carboxylic acids is 1. The highest BCUT2D eigenvalue weighted by atomic mass is 35.5. The van der Waals surface area contributed by atoms with Crippen molar-refractivity contribution in [1.29, 1.82) is 0 Å². The van der Waals surface area contributed by atoms with Crippen molar-refractivity contribution in [3.8, 4) is 5.75 Å². The molecule has 1 aliphatic heterocycles. The van der Waals surface area contributed by atoms with Crippen molar-refractivity contribution in [1.82, 2.24) is 0 Å². The number of carbonyl (C=O) groups is 1. The molecule has 1 aliphatic rings. The van der Waals surface area contributed by atoms with Crippen LogP contribution in [0.4, 0.5) is 11.4 Å². The number of hydrogen-bond donors (Lipinski definition) is 1. The van der Waals surface area contributed by atoms with Gasteiger partial charge in [-0.05, 0) is 80.6 Å². The van der Waals surface area contributed by atoms with Gasteiger partial charge in [-0.2, -0.15) is 0 Å². The van der Waals surface area contributed by atoms with Gasteiger partial charge in [0, 0.05) is 29.5 Å². The van der Waals surface area contributed by atoms with Crippen molar-refractivity contribution >= 4 is 28.9 Å². The van der Waals surface area contributed by atoms with Gasteiger partial charge in [0.25, 0.3) is 5.91 Å². The molecule has 0 radical (unpaired) electrons. The van der Waals surface area contributed by atoms with E-state index in [0.717, 1.165) is 34.9 Å². The van der Waals surface area contributed by atoms with E-state index in [2.05, 4.69) is 22.3 Å². The highest BCUT2D eigenvalue weighted by molar-refractivity contribution is 6.32. The van der Waals surface area contributed by atoms with Crippen LogP contribution in [0.25, 0.3) is 0 Å². The SMILES string of the molecule is Cc1cc(OCC(=O)Nc2ccc(N3CCCCC3)cc2)cc(C)c1Cl. The van der Waals surface area contributed by atoms with Crippen molar-refractivity contribution < 1.29 is 9.53 Å². The van der Waals surface area contributed by atoms with E-state index >= 15 is 0 Å². The quantitative estimate of drug-likeness (QED) is 0.806. The summed E-state index contributed by atoms with van der Waals surface area (Å²) in [6, 6.07) is 11.7. The molecule has 2 aromatic carbocycles. The number of aryl methyl sites for hydroxylation is 2. The monoisotopic (exact) mass is 372 g/mol. The zero-order valence-electron chi connectivity index (χ0n) is 15.3. The van der Waals surface area contributed by atoms with E-state index in [1.165, 1.54) is 24.9 Å². The lowest BCUT2D eigenvalue weighted by atomic mass is 10.1. The third kappa shape index (κ3) is 4.70. The topological polar surface area (TPSA) is 41.6 Å². The molecule has 4 nitrogen and oxygen atoms in total. The molecule has 0 aromatic heterocycles. The number of nitrogens with zero attached hydrogens (tertiary/aromatic N) is 1. The predicted molar refractivity (Wildman–Crippen MR) is 108 cm³/mol. The number of piperidine rings is 1. The Kier molecular flexibility index (Phi) is 6.04. The Morgan fingerprint density at radius 1 is 1.08 bits per heavy atom. The zero-order valence-corrected chi connectivity index (χ0v) is 16.1. The van der Waals surface area contributed by atoms with Crippen molar-refractivity contribution in [2.75, 3.05) is 29.9 Å². The van der Waals surface area contributed by atoms with Gasteiger partial charge in [-0.3, -0.25) is 4.79 Å². The molecule has 1 saturated heterocycles. The van der Waals surface area contributed by atoms with Crippen LogP contribution < -0.4 is 15.0 Å². The number of ether oxygens (including phenoxy) is 1. The van der Waals surface area contributed by atoms with Crippen molar-refractivity contribution in [3.05, 3.63) is 52.5 Å². The largest absolute Gasteiger partial charge is 0.484 e. The molecule has 1 heterocycles. The lowest BCUT2D eigenvalue weighted by Crippen LogP contribution is -2.29. The van der Waals surface area contributed by atoms with Gasteiger partial charge >= 0.3 is 0 Å². The highest BCUT2D eigenvalue weighted by Crippen LogP contribution is 2.26. The highest BCUT2D eigenvalue weighted by Gasteiger charge is 2.11. The Bertz CT molecular complexity index is 745. The third-order valence-corrected chi connectivity index (χ3v) is 5.25. The molecule has 0 atom stereocenters. The molecular formula is C21H25ClN2O2. The van der Waals surface area contributed by atoms with E-state index < -0.39 is 0 Å². The Hall–Kier alpha value is -2.20. The summed E-state index contributed by atoms with van der Waals surface area (Å²) in [7, 11) is 0. The molecule has 1 fully saturated rings. The number of nitrogens with one attached hydrogen (secondary N) is 1. The minimum atomic E-state index is -0.180. The van der Waals surface area contributed by atoms with E-state index in [4.69, 9.17) is 16.3 Å². The molecule has 0 bridgehead atoms. The van der Waals surface area contributed by atoms with Crippen LogP contribution in [0, 0.1) is 13.8 Å². The number of rotatable bonds is 5. The van der Waals surface area contributed by atoms with E-state index in [1.54, 1.807) is 0 Å². The van der Waals surface area contributed by atoms with Gasteiger partial charge in [-0.15, -0.1) is 0 Å². The Morgan fingerprint density at radius 3 is 2.31 bits per heavy atom. The zero-order chi connectivity index (χ0) is 18.5. The van der Waals surface area contributed by atoms with Crippen molar-refractivity contribution in [2.45, 2.75) is 33.1 Å². The maximum Gasteiger partial charge on any atom is 0.262 e. The summed E-state index contributed by atoms with van der Waals surface area (Å²) in [6.07, 6.45) is 3.82. The first-order valence-corrected chi connectivity index (χ1v) is 9.45. The van der Waals surface area contributed by atoms with E-state index in [9.17, 15) is 4.79 Å². The summed E-state index contributed by atoms with van der Waals surface area (Å²) in [5.74, 6) is 0.473. The van der Waals surface area contributed by atoms with Crippen LogP contribution in [-0.4, -0.2) is 25.6 Å². The smallest absolute Gasteiger partial charge is 0.262 e. The minimum absolute atomic E-state index is 0.0333. The van der Waals surface area contributed by atoms with Gasteiger partial charge < -0.3 is 15.0 Å². The van der Waals surface area contributed by atoms with Gasteiger partial charge in [0.1, 0.15) is 5.75 Å². The molecular weight excluding hydrogens is 348 g/mol. The fourth-order valence-corrected chi connectivity index (χ4v) is 3.35. The lowest BCUT2D eigenvalue weighted by molar-refractivity contribution is -0.118.